The summed E-state index contributed by atoms with van der Waals surface area (Å²) in [6.45, 7) is 2.01. The Kier molecular flexibility index (Phi) is 0.387. The molecule has 3 heteroatoms. The van der Waals surface area contributed by atoms with Gasteiger partial charge < -0.3 is 10.1 Å². The van der Waals surface area contributed by atoms with E-state index in [1.807, 2.05) is 6.92 Å². The fourth-order valence-electron chi connectivity index (χ4n) is 2.07. The third-order valence-corrected chi connectivity index (χ3v) is 2.78. The highest BCUT2D eigenvalue weighted by Gasteiger charge is 2.81. The smallest absolute Gasteiger partial charge is 0.228 e. The second kappa shape index (κ2) is 0.814. The molecule has 48 valence electrons. The van der Waals surface area contributed by atoms with Gasteiger partial charge in [0.2, 0.25) is 5.91 Å². The number of epoxide rings is 1. The van der Waals surface area contributed by atoms with Crippen molar-refractivity contribution in [2.75, 3.05) is 0 Å². The van der Waals surface area contributed by atoms with Crippen LogP contribution >= 0.6 is 0 Å². The lowest BCUT2D eigenvalue weighted by atomic mass is 9.64. The molecule has 3 rings (SSSR count). The second-order valence-electron chi connectivity index (χ2n) is 3.23. The molecule has 1 aliphatic carbocycles. The summed E-state index contributed by atoms with van der Waals surface area (Å²) in [5.41, 5.74) is -0.0347. The van der Waals surface area contributed by atoms with Gasteiger partial charge in [0, 0.05) is 0 Å². The van der Waals surface area contributed by atoms with E-state index in [4.69, 9.17) is 4.74 Å². The molecule has 0 aromatic heterocycles. The van der Waals surface area contributed by atoms with Crippen LogP contribution in [0.15, 0.2) is 0 Å². The van der Waals surface area contributed by atoms with Gasteiger partial charge in [-0.1, -0.05) is 0 Å². The van der Waals surface area contributed by atoms with Crippen molar-refractivity contribution in [2.24, 2.45) is 5.92 Å². The van der Waals surface area contributed by atoms with E-state index >= 15 is 0 Å². The number of piperidine rings is 1. The molecule has 2 aliphatic heterocycles. The summed E-state index contributed by atoms with van der Waals surface area (Å²) in [5, 5.41) is 2.79. The highest BCUT2D eigenvalue weighted by atomic mass is 16.6. The van der Waals surface area contributed by atoms with E-state index in [1.165, 1.54) is 0 Å². The Bertz CT molecular complexity index is 215. The zero-order valence-electron chi connectivity index (χ0n) is 5.05. The van der Waals surface area contributed by atoms with Crippen LogP contribution in [0.3, 0.4) is 0 Å². The molecule has 1 amide bonds. The van der Waals surface area contributed by atoms with Crippen LogP contribution in [-0.4, -0.2) is 23.7 Å². The highest BCUT2D eigenvalue weighted by molar-refractivity contribution is 5.91. The minimum absolute atomic E-state index is 0.0347. The minimum atomic E-state index is -0.0347. The Labute approximate surface area is 52.4 Å². The summed E-state index contributed by atoms with van der Waals surface area (Å²) in [5.74, 6) is 0.374. The van der Waals surface area contributed by atoms with Gasteiger partial charge in [-0.2, -0.15) is 0 Å². The van der Waals surface area contributed by atoms with Crippen LogP contribution in [0.5, 0.6) is 0 Å². The van der Waals surface area contributed by atoms with Crippen molar-refractivity contribution in [1.29, 1.82) is 0 Å². The number of hydrogen-bond acceptors (Lipinski definition) is 2. The van der Waals surface area contributed by atoms with Crippen LogP contribution in [0, 0.1) is 5.92 Å². The lowest BCUT2D eigenvalue weighted by Crippen LogP contribution is -2.73. The quantitative estimate of drug-likeness (QED) is 0.342. The third kappa shape index (κ3) is 0.237. The molecule has 0 aromatic carbocycles. The van der Waals surface area contributed by atoms with E-state index in [1.54, 1.807) is 0 Å². The van der Waals surface area contributed by atoms with Crippen molar-refractivity contribution >= 4 is 5.91 Å². The fraction of sp³-hybridized carbons (Fsp3) is 0.833. The molecular formula is C6H7NO2. The van der Waals surface area contributed by atoms with Crippen LogP contribution in [-0.2, 0) is 9.53 Å². The molecule has 4 atom stereocenters. The maximum atomic E-state index is 10.7. The summed E-state index contributed by atoms with van der Waals surface area (Å²) in [6.07, 6.45) is 0.361. The van der Waals surface area contributed by atoms with Crippen LogP contribution in [0.2, 0.25) is 0 Å². The number of amides is 1. The van der Waals surface area contributed by atoms with Gasteiger partial charge in [-0.05, 0) is 6.92 Å². The lowest BCUT2D eigenvalue weighted by Gasteiger charge is -2.45. The molecule has 2 heterocycles. The number of rotatable bonds is 0. The van der Waals surface area contributed by atoms with Gasteiger partial charge in [0.15, 0.2) is 0 Å². The Morgan fingerprint density at radius 1 is 1.78 bits per heavy atom. The molecule has 1 saturated carbocycles. The predicted molar refractivity (Wildman–Crippen MR) is 28.7 cm³/mol. The molecule has 0 unspecified atom stereocenters. The summed E-state index contributed by atoms with van der Waals surface area (Å²) < 4.78 is 5.29. The van der Waals surface area contributed by atoms with Gasteiger partial charge in [-0.25, -0.2) is 0 Å². The molecule has 2 saturated heterocycles. The number of ether oxygens (including phenoxy) is 1. The zero-order valence-corrected chi connectivity index (χ0v) is 5.05. The summed E-state index contributed by atoms with van der Waals surface area (Å²) in [7, 11) is 0. The van der Waals surface area contributed by atoms with Gasteiger partial charge in [0.05, 0.1) is 12.0 Å². The summed E-state index contributed by atoms with van der Waals surface area (Å²) >= 11 is 0. The molecule has 0 aromatic rings. The topological polar surface area (TPSA) is 41.6 Å². The van der Waals surface area contributed by atoms with Crippen LogP contribution < -0.4 is 5.32 Å². The monoisotopic (exact) mass is 125 g/mol. The fourth-order valence-corrected chi connectivity index (χ4v) is 2.07. The first kappa shape index (κ1) is 4.28. The van der Waals surface area contributed by atoms with Crippen molar-refractivity contribution in [3.63, 3.8) is 0 Å². The van der Waals surface area contributed by atoms with Crippen molar-refractivity contribution < 1.29 is 9.53 Å². The predicted octanol–water partition coefficient (Wildman–Crippen LogP) is -0.728. The highest BCUT2D eigenvalue weighted by Crippen LogP contribution is 2.61. The molecular weight excluding hydrogens is 118 g/mol. The van der Waals surface area contributed by atoms with E-state index < -0.39 is 0 Å². The number of fused-ring (bicyclic) bond motifs is 4. The Morgan fingerprint density at radius 2 is 2.56 bits per heavy atom. The van der Waals surface area contributed by atoms with Crippen molar-refractivity contribution in [3.8, 4) is 0 Å². The molecule has 0 radical (unpaired) electrons. The van der Waals surface area contributed by atoms with E-state index in [9.17, 15) is 4.79 Å². The van der Waals surface area contributed by atoms with Gasteiger partial charge in [0.1, 0.15) is 11.7 Å². The number of carbonyl (C=O) groups excluding carboxylic acids is 1. The van der Waals surface area contributed by atoms with E-state index in [0.717, 1.165) is 0 Å². The molecule has 0 spiro atoms. The van der Waals surface area contributed by atoms with Gasteiger partial charge in [-0.3, -0.25) is 4.79 Å². The molecule has 3 nitrogen and oxygen atoms in total. The van der Waals surface area contributed by atoms with Crippen molar-refractivity contribution in [2.45, 2.75) is 24.7 Å². The summed E-state index contributed by atoms with van der Waals surface area (Å²) in [6, 6.07) is 0.377. The van der Waals surface area contributed by atoms with Crippen molar-refractivity contribution in [3.05, 3.63) is 0 Å². The number of β-lactam (4-membered cyclic amide) rings is 1. The standard InChI is InChI=1S/C6H7NO2/c1-6-2-3(4(6)9-6)7-5(2)8/h2-4H,1H3,(H,7,8)/t2-,3-,4+,6-/m1/s1. The molecule has 3 aliphatic rings. The van der Waals surface area contributed by atoms with Crippen molar-refractivity contribution in [1.82, 2.24) is 5.32 Å². The Morgan fingerprint density at radius 3 is 3.00 bits per heavy atom. The van der Waals surface area contributed by atoms with E-state index in [2.05, 4.69) is 5.32 Å². The Hall–Kier alpha value is -0.570. The lowest BCUT2D eigenvalue weighted by molar-refractivity contribution is -0.141. The molecule has 0 bridgehead atoms. The average molecular weight is 125 g/mol. The second-order valence-corrected chi connectivity index (χ2v) is 3.23. The molecule has 3 fully saturated rings. The Balaban J connectivity index is 2.00. The van der Waals surface area contributed by atoms with Gasteiger partial charge >= 0.3 is 0 Å². The van der Waals surface area contributed by atoms with Gasteiger partial charge in [0.25, 0.3) is 0 Å². The average Bonchev–Trinajstić information content (AvgIpc) is 2.29. The first-order valence-electron chi connectivity index (χ1n) is 3.22. The maximum Gasteiger partial charge on any atom is 0.228 e. The number of hydrogen-bond donors (Lipinski definition) is 1. The minimum Gasteiger partial charge on any atom is -0.363 e. The number of carbonyl (C=O) groups is 1. The van der Waals surface area contributed by atoms with E-state index in [-0.39, 0.29) is 17.4 Å². The SMILES string of the molecule is C[C@]12O[C@H]1[C@@H]1NC(=O)[C@@H]12. The molecule has 9 heavy (non-hydrogen) atoms. The van der Waals surface area contributed by atoms with E-state index in [0.29, 0.717) is 12.1 Å². The van der Waals surface area contributed by atoms with Gasteiger partial charge in [-0.15, -0.1) is 0 Å². The van der Waals surface area contributed by atoms with Crippen LogP contribution in [0.4, 0.5) is 0 Å². The first-order chi connectivity index (χ1) is 4.23. The first-order valence-corrected chi connectivity index (χ1v) is 3.22. The summed E-state index contributed by atoms with van der Waals surface area (Å²) in [4.78, 5) is 10.7. The zero-order chi connectivity index (χ0) is 6.22. The maximum absolute atomic E-state index is 10.7. The number of nitrogens with one attached hydrogen (secondary N) is 1. The van der Waals surface area contributed by atoms with Crippen LogP contribution in [0.1, 0.15) is 6.92 Å². The molecule has 1 N–H and O–H groups in total. The van der Waals surface area contributed by atoms with Crippen LogP contribution in [0.25, 0.3) is 0 Å². The normalized spacial score (nSPS) is 66.3. The third-order valence-electron chi connectivity index (χ3n) is 2.78. The largest absolute Gasteiger partial charge is 0.363 e.